The summed E-state index contributed by atoms with van der Waals surface area (Å²) in [6.07, 6.45) is 3.43. The molecule has 0 bridgehead atoms. The molecule has 0 unspecified atom stereocenters. The van der Waals surface area contributed by atoms with Crippen LogP contribution in [0, 0.1) is 0 Å². The maximum Gasteiger partial charge on any atom is 0.261 e. The van der Waals surface area contributed by atoms with Gasteiger partial charge in [-0.15, -0.1) is 0 Å². The van der Waals surface area contributed by atoms with Gasteiger partial charge in [-0.05, 0) is 37.3 Å². The summed E-state index contributed by atoms with van der Waals surface area (Å²) in [7, 11) is 0. The van der Waals surface area contributed by atoms with E-state index in [1.807, 2.05) is 35.9 Å². The molecule has 1 amide bonds. The number of hydrogen-bond donors (Lipinski definition) is 2. The van der Waals surface area contributed by atoms with Gasteiger partial charge in [-0.1, -0.05) is 0 Å². The number of hydrogen-bond acceptors (Lipinski definition) is 4. The number of H-pyrrole nitrogens is 1. The van der Waals surface area contributed by atoms with E-state index in [9.17, 15) is 9.59 Å². The first-order valence-electron chi connectivity index (χ1n) is 8.99. The zero-order valence-corrected chi connectivity index (χ0v) is 15.1. The molecule has 0 saturated heterocycles. The molecule has 1 aliphatic heterocycles. The molecule has 0 aliphatic carbocycles. The van der Waals surface area contributed by atoms with Crippen molar-refractivity contribution < 1.29 is 14.3 Å². The van der Waals surface area contributed by atoms with Crippen LogP contribution in [0.2, 0.25) is 0 Å². The quantitative estimate of drug-likeness (QED) is 0.574. The summed E-state index contributed by atoms with van der Waals surface area (Å²) < 4.78 is 12.7. The summed E-state index contributed by atoms with van der Waals surface area (Å²) in [5, 5.41) is 4.24. The maximum atomic E-state index is 13.0. The van der Waals surface area contributed by atoms with Crippen molar-refractivity contribution in [1.29, 1.82) is 0 Å². The monoisotopic (exact) mass is 375 g/mol. The Morgan fingerprint density at radius 2 is 2.00 bits per heavy atom. The Morgan fingerprint density at radius 3 is 2.82 bits per heavy atom. The number of carbonyl (C=O) groups excluding carboxylic acids is 1. The number of nitrogens with zero attached hydrogens (tertiary/aromatic N) is 1. The van der Waals surface area contributed by atoms with Crippen LogP contribution < -0.4 is 20.2 Å². The molecule has 0 fully saturated rings. The van der Waals surface area contributed by atoms with E-state index in [1.165, 1.54) is 0 Å². The number of ether oxygens (including phenoxy) is 2. The Bertz CT molecular complexity index is 1300. The lowest BCUT2D eigenvalue weighted by atomic mass is 10.1. The largest absolute Gasteiger partial charge is 0.454 e. The minimum atomic E-state index is -0.443. The van der Waals surface area contributed by atoms with E-state index in [-0.39, 0.29) is 17.8 Å². The summed E-state index contributed by atoms with van der Waals surface area (Å²) in [5.74, 6) is 0.676. The van der Waals surface area contributed by atoms with Crippen LogP contribution in [-0.4, -0.2) is 22.3 Å². The van der Waals surface area contributed by atoms with Crippen molar-refractivity contribution in [1.82, 2.24) is 9.55 Å². The highest BCUT2D eigenvalue weighted by Crippen LogP contribution is 2.35. The topological polar surface area (TPSA) is 85.4 Å². The SMILES string of the molecule is CCn1cc(C(=O)Nc2ccc3[nH]ccc3c2)c(=O)c2cc3c(cc21)OCO3. The number of carbonyl (C=O) groups is 1. The lowest BCUT2D eigenvalue weighted by Crippen LogP contribution is -2.23. The van der Waals surface area contributed by atoms with E-state index in [0.717, 1.165) is 10.9 Å². The van der Waals surface area contributed by atoms with Gasteiger partial charge in [0.2, 0.25) is 12.2 Å². The van der Waals surface area contributed by atoms with Gasteiger partial charge in [-0.3, -0.25) is 9.59 Å². The van der Waals surface area contributed by atoms with Gasteiger partial charge in [-0.25, -0.2) is 0 Å². The van der Waals surface area contributed by atoms with Crippen molar-refractivity contribution in [2.45, 2.75) is 13.5 Å². The lowest BCUT2D eigenvalue weighted by Gasteiger charge is -2.12. The third kappa shape index (κ3) is 2.51. The number of aromatic nitrogens is 2. The zero-order chi connectivity index (χ0) is 19.3. The van der Waals surface area contributed by atoms with E-state index in [1.54, 1.807) is 24.4 Å². The van der Waals surface area contributed by atoms with Crippen molar-refractivity contribution in [3.05, 3.63) is 64.6 Å². The number of anilines is 1. The molecular formula is C21H17N3O4. The highest BCUT2D eigenvalue weighted by atomic mass is 16.7. The first-order chi connectivity index (χ1) is 13.6. The molecule has 7 heteroatoms. The normalized spacial score (nSPS) is 12.6. The highest BCUT2D eigenvalue weighted by Gasteiger charge is 2.20. The van der Waals surface area contributed by atoms with Crippen molar-refractivity contribution in [3.8, 4) is 11.5 Å². The lowest BCUT2D eigenvalue weighted by molar-refractivity contribution is 0.102. The van der Waals surface area contributed by atoms with Crippen molar-refractivity contribution in [3.63, 3.8) is 0 Å². The Morgan fingerprint density at radius 1 is 1.18 bits per heavy atom. The Kier molecular flexibility index (Phi) is 3.61. The average molecular weight is 375 g/mol. The second-order valence-electron chi connectivity index (χ2n) is 6.61. The third-order valence-corrected chi connectivity index (χ3v) is 4.97. The number of aryl methyl sites for hydroxylation is 1. The molecule has 28 heavy (non-hydrogen) atoms. The number of fused-ring (bicyclic) bond motifs is 3. The summed E-state index contributed by atoms with van der Waals surface area (Å²) in [6, 6.07) is 10.9. The smallest absolute Gasteiger partial charge is 0.261 e. The molecular weight excluding hydrogens is 358 g/mol. The van der Waals surface area contributed by atoms with E-state index in [0.29, 0.717) is 34.6 Å². The van der Waals surface area contributed by atoms with Gasteiger partial charge in [0.05, 0.1) is 10.9 Å². The van der Waals surface area contributed by atoms with Crippen LogP contribution in [0.3, 0.4) is 0 Å². The molecule has 0 spiro atoms. The van der Waals surface area contributed by atoms with Crippen LogP contribution in [0.1, 0.15) is 17.3 Å². The van der Waals surface area contributed by atoms with Gasteiger partial charge in [-0.2, -0.15) is 0 Å². The Balaban J connectivity index is 1.59. The van der Waals surface area contributed by atoms with Crippen molar-refractivity contribution in [2.75, 3.05) is 12.1 Å². The second kappa shape index (κ2) is 6.16. The van der Waals surface area contributed by atoms with Gasteiger partial charge in [0.1, 0.15) is 5.56 Å². The van der Waals surface area contributed by atoms with Crippen molar-refractivity contribution in [2.24, 2.45) is 0 Å². The van der Waals surface area contributed by atoms with E-state index < -0.39 is 5.91 Å². The molecule has 4 aromatic rings. The van der Waals surface area contributed by atoms with Crippen LogP contribution in [0.25, 0.3) is 21.8 Å². The number of nitrogens with one attached hydrogen (secondary N) is 2. The predicted octanol–water partition coefficient (Wildman–Crippen LogP) is 3.48. The molecule has 0 saturated carbocycles. The van der Waals surface area contributed by atoms with E-state index in [2.05, 4.69) is 10.3 Å². The van der Waals surface area contributed by atoms with Crippen LogP contribution in [0.15, 0.2) is 53.6 Å². The van der Waals surface area contributed by atoms with E-state index >= 15 is 0 Å². The fourth-order valence-corrected chi connectivity index (χ4v) is 3.53. The molecule has 1 aliphatic rings. The first-order valence-corrected chi connectivity index (χ1v) is 8.99. The summed E-state index contributed by atoms with van der Waals surface area (Å²) in [5.41, 5.74) is 2.07. The van der Waals surface area contributed by atoms with Crippen LogP contribution in [0.4, 0.5) is 5.69 Å². The second-order valence-corrected chi connectivity index (χ2v) is 6.61. The number of benzene rings is 2. The van der Waals surface area contributed by atoms with Crippen LogP contribution >= 0.6 is 0 Å². The molecule has 3 heterocycles. The maximum absolute atomic E-state index is 13.0. The number of aromatic amines is 1. The van der Waals surface area contributed by atoms with Crippen LogP contribution in [-0.2, 0) is 6.54 Å². The minimum absolute atomic E-state index is 0.0855. The number of rotatable bonds is 3. The molecule has 0 atom stereocenters. The first kappa shape index (κ1) is 16.4. The number of amides is 1. The fraction of sp³-hybridized carbons (Fsp3) is 0.143. The summed E-state index contributed by atoms with van der Waals surface area (Å²) >= 11 is 0. The van der Waals surface area contributed by atoms with E-state index in [4.69, 9.17) is 9.47 Å². The Hall–Kier alpha value is -3.74. The standard InChI is InChI=1S/C21H17N3O4/c1-2-24-10-15(20(25)14-8-18-19(9-17(14)24)28-11-27-18)21(26)23-13-3-4-16-12(7-13)5-6-22-16/h3-10,22H,2,11H2,1H3,(H,23,26). The van der Waals surface area contributed by atoms with Gasteiger partial charge >= 0.3 is 0 Å². The van der Waals surface area contributed by atoms with Gasteiger partial charge in [0.25, 0.3) is 5.91 Å². The highest BCUT2D eigenvalue weighted by molar-refractivity contribution is 6.06. The fourth-order valence-electron chi connectivity index (χ4n) is 3.53. The zero-order valence-electron chi connectivity index (χ0n) is 15.1. The summed E-state index contributed by atoms with van der Waals surface area (Å²) in [6.45, 7) is 2.68. The molecule has 0 radical (unpaired) electrons. The molecule has 140 valence electrons. The molecule has 2 N–H and O–H groups in total. The van der Waals surface area contributed by atoms with Gasteiger partial charge < -0.3 is 24.3 Å². The van der Waals surface area contributed by atoms with Gasteiger partial charge in [0, 0.05) is 41.6 Å². The van der Waals surface area contributed by atoms with Crippen LogP contribution in [0.5, 0.6) is 11.5 Å². The Labute approximate surface area is 159 Å². The third-order valence-electron chi connectivity index (χ3n) is 4.97. The minimum Gasteiger partial charge on any atom is -0.454 e. The van der Waals surface area contributed by atoms with Gasteiger partial charge in [0.15, 0.2) is 11.5 Å². The number of pyridine rings is 1. The molecule has 2 aromatic carbocycles. The molecule has 7 nitrogen and oxygen atoms in total. The summed E-state index contributed by atoms with van der Waals surface area (Å²) in [4.78, 5) is 29.0. The predicted molar refractivity (Wildman–Crippen MR) is 106 cm³/mol. The average Bonchev–Trinajstić information content (AvgIpc) is 3.35. The molecule has 2 aromatic heterocycles. The molecule has 5 rings (SSSR count). The van der Waals surface area contributed by atoms with Crippen molar-refractivity contribution >= 4 is 33.4 Å².